The predicted molar refractivity (Wildman–Crippen MR) is 135 cm³/mol. The molecule has 0 saturated carbocycles. The van der Waals surface area contributed by atoms with Gasteiger partial charge < -0.3 is 15.2 Å². The first-order chi connectivity index (χ1) is 15.9. The number of urea groups is 1. The Hall–Kier alpha value is -3.57. The number of aryl methyl sites for hydroxylation is 2. The number of para-hydroxylation sites is 1. The number of carbonyl (C=O) groups excluding carboxylic acids is 1. The molecular formula is C27H26ClN3O2. The molecule has 0 aliphatic carbocycles. The average Bonchev–Trinajstić information content (AvgIpc) is 2.78. The number of fused-ring (bicyclic) bond motifs is 1. The van der Waals surface area contributed by atoms with E-state index in [9.17, 15) is 9.59 Å². The molecule has 0 fully saturated rings. The molecule has 6 heteroatoms. The van der Waals surface area contributed by atoms with E-state index in [4.69, 9.17) is 11.6 Å². The van der Waals surface area contributed by atoms with E-state index in [1.54, 1.807) is 17.0 Å². The third kappa shape index (κ3) is 5.62. The van der Waals surface area contributed by atoms with E-state index in [-0.39, 0.29) is 18.1 Å². The number of aromatic nitrogens is 1. The summed E-state index contributed by atoms with van der Waals surface area (Å²) in [4.78, 5) is 30.6. The molecule has 3 aromatic carbocycles. The number of halogens is 1. The van der Waals surface area contributed by atoms with E-state index < -0.39 is 0 Å². The lowest BCUT2D eigenvalue weighted by molar-refractivity contribution is 0.209. The molecule has 2 amide bonds. The van der Waals surface area contributed by atoms with Crippen molar-refractivity contribution in [2.45, 2.75) is 26.8 Å². The summed E-state index contributed by atoms with van der Waals surface area (Å²) < 4.78 is 0. The minimum atomic E-state index is -0.306. The number of aromatic amines is 1. The van der Waals surface area contributed by atoms with E-state index in [1.165, 1.54) is 5.56 Å². The normalized spacial score (nSPS) is 10.9. The minimum absolute atomic E-state index is 0.182. The molecule has 0 aliphatic heterocycles. The number of benzene rings is 3. The first kappa shape index (κ1) is 22.6. The molecule has 4 rings (SSSR count). The molecular weight excluding hydrogens is 434 g/mol. The standard InChI is InChI=1S/C27H26ClN3O2/c1-18-6-5-7-20(14-18)12-13-31(27(33)30-24-9-4-3-8-23(24)28)17-22-16-21-11-10-19(2)15-25(21)29-26(22)32/h3-11,14-16H,12-13,17H2,1-2H3,(H,29,32)(H,30,33). The van der Waals surface area contributed by atoms with Gasteiger partial charge in [-0.15, -0.1) is 0 Å². The van der Waals surface area contributed by atoms with Crippen molar-refractivity contribution in [3.05, 3.63) is 110 Å². The lowest BCUT2D eigenvalue weighted by Crippen LogP contribution is -2.37. The number of anilines is 1. The highest BCUT2D eigenvalue weighted by atomic mass is 35.5. The van der Waals surface area contributed by atoms with Crippen LogP contribution in [0.1, 0.15) is 22.3 Å². The van der Waals surface area contributed by atoms with Gasteiger partial charge in [0.15, 0.2) is 0 Å². The zero-order valence-electron chi connectivity index (χ0n) is 18.7. The Labute approximate surface area is 198 Å². The van der Waals surface area contributed by atoms with Gasteiger partial charge in [0.2, 0.25) is 0 Å². The van der Waals surface area contributed by atoms with Crippen molar-refractivity contribution in [2.75, 3.05) is 11.9 Å². The Bertz CT molecular complexity index is 1360. The molecule has 4 aromatic rings. The number of amides is 2. The summed E-state index contributed by atoms with van der Waals surface area (Å²) in [5.74, 6) is 0. The number of pyridine rings is 1. The Morgan fingerprint density at radius 2 is 1.76 bits per heavy atom. The largest absolute Gasteiger partial charge is 0.322 e. The van der Waals surface area contributed by atoms with Gasteiger partial charge in [0.25, 0.3) is 5.56 Å². The molecule has 0 saturated heterocycles. The van der Waals surface area contributed by atoms with Crippen LogP contribution in [0.5, 0.6) is 0 Å². The van der Waals surface area contributed by atoms with Gasteiger partial charge in [-0.1, -0.05) is 65.7 Å². The molecule has 5 nitrogen and oxygen atoms in total. The molecule has 0 radical (unpaired) electrons. The Balaban J connectivity index is 1.61. The van der Waals surface area contributed by atoms with Crippen molar-refractivity contribution < 1.29 is 4.79 Å². The van der Waals surface area contributed by atoms with E-state index in [0.717, 1.165) is 22.0 Å². The van der Waals surface area contributed by atoms with Gasteiger partial charge >= 0.3 is 6.03 Å². The van der Waals surface area contributed by atoms with Crippen molar-refractivity contribution in [2.24, 2.45) is 0 Å². The van der Waals surface area contributed by atoms with Gasteiger partial charge in [-0.2, -0.15) is 0 Å². The maximum absolute atomic E-state index is 13.2. The number of nitrogens with one attached hydrogen (secondary N) is 2. The van der Waals surface area contributed by atoms with Crippen LogP contribution in [-0.2, 0) is 13.0 Å². The lowest BCUT2D eigenvalue weighted by Gasteiger charge is -2.23. The molecule has 1 aromatic heterocycles. The van der Waals surface area contributed by atoms with Crippen LogP contribution in [0.15, 0.2) is 77.6 Å². The molecule has 0 atom stereocenters. The predicted octanol–water partition coefficient (Wildman–Crippen LogP) is 6.08. The monoisotopic (exact) mass is 459 g/mol. The molecule has 0 unspecified atom stereocenters. The molecule has 33 heavy (non-hydrogen) atoms. The van der Waals surface area contributed by atoms with Crippen LogP contribution in [0.25, 0.3) is 10.9 Å². The van der Waals surface area contributed by atoms with Crippen molar-refractivity contribution in [3.63, 3.8) is 0 Å². The highest BCUT2D eigenvalue weighted by Gasteiger charge is 2.17. The van der Waals surface area contributed by atoms with E-state index in [2.05, 4.69) is 16.4 Å². The van der Waals surface area contributed by atoms with E-state index in [0.29, 0.717) is 29.2 Å². The fourth-order valence-corrected chi connectivity index (χ4v) is 4.01. The number of carbonyl (C=O) groups is 1. The van der Waals surface area contributed by atoms with Crippen LogP contribution < -0.4 is 10.9 Å². The zero-order chi connectivity index (χ0) is 23.4. The summed E-state index contributed by atoms with van der Waals surface area (Å²) in [7, 11) is 0. The van der Waals surface area contributed by atoms with Crippen molar-refractivity contribution in [3.8, 4) is 0 Å². The van der Waals surface area contributed by atoms with Gasteiger partial charge in [0, 0.05) is 17.6 Å². The van der Waals surface area contributed by atoms with Crippen LogP contribution in [-0.4, -0.2) is 22.5 Å². The summed E-state index contributed by atoms with van der Waals surface area (Å²) in [6, 6.07) is 22.8. The molecule has 0 aliphatic rings. The Morgan fingerprint density at radius 1 is 0.970 bits per heavy atom. The summed E-state index contributed by atoms with van der Waals surface area (Å²) in [6.45, 7) is 4.66. The molecule has 0 bridgehead atoms. The summed E-state index contributed by atoms with van der Waals surface area (Å²) in [5, 5.41) is 4.28. The summed E-state index contributed by atoms with van der Waals surface area (Å²) >= 11 is 6.24. The van der Waals surface area contributed by atoms with Crippen LogP contribution >= 0.6 is 11.6 Å². The Kier molecular flexibility index (Phi) is 6.80. The third-order valence-corrected chi connectivity index (χ3v) is 5.92. The van der Waals surface area contributed by atoms with Gasteiger partial charge in [0.05, 0.1) is 17.3 Å². The maximum atomic E-state index is 13.2. The number of nitrogens with zero attached hydrogens (tertiary/aromatic N) is 1. The van der Waals surface area contributed by atoms with Gasteiger partial charge in [-0.25, -0.2) is 4.79 Å². The number of hydrogen-bond acceptors (Lipinski definition) is 2. The topological polar surface area (TPSA) is 65.2 Å². The third-order valence-electron chi connectivity index (χ3n) is 5.60. The highest BCUT2D eigenvalue weighted by molar-refractivity contribution is 6.33. The van der Waals surface area contributed by atoms with Crippen LogP contribution in [0.2, 0.25) is 5.02 Å². The zero-order valence-corrected chi connectivity index (χ0v) is 19.4. The fourth-order valence-electron chi connectivity index (χ4n) is 3.82. The van der Waals surface area contributed by atoms with E-state index in [1.807, 2.05) is 68.4 Å². The SMILES string of the molecule is Cc1cccc(CCN(Cc2cc3ccc(C)cc3[nH]c2=O)C(=O)Nc2ccccc2Cl)c1. The van der Waals surface area contributed by atoms with Gasteiger partial charge in [-0.3, -0.25) is 4.79 Å². The molecule has 2 N–H and O–H groups in total. The van der Waals surface area contributed by atoms with Crippen LogP contribution in [0.4, 0.5) is 10.5 Å². The second kappa shape index (κ2) is 9.92. The number of H-pyrrole nitrogens is 1. The number of hydrogen-bond donors (Lipinski definition) is 2. The Morgan fingerprint density at radius 3 is 2.55 bits per heavy atom. The molecule has 1 heterocycles. The van der Waals surface area contributed by atoms with Crippen LogP contribution in [0.3, 0.4) is 0 Å². The maximum Gasteiger partial charge on any atom is 0.322 e. The smallest absolute Gasteiger partial charge is 0.322 e. The average molecular weight is 460 g/mol. The second-order valence-corrected chi connectivity index (χ2v) is 8.69. The first-order valence-corrected chi connectivity index (χ1v) is 11.3. The highest BCUT2D eigenvalue weighted by Crippen LogP contribution is 2.21. The van der Waals surface area contributed by atoms with Crippen LogP contribution in [0, 0.1) is 13.8 Å². The van der Waals surface area contributed by atoms with Crippen molar-refractivity contribution in [1.29, 1.82) is 0 Å². The molecule has 168 valence electrons. The minimum Gasteiger partial charge on any atom is -0.322 e. The lowest BCUT2D eigenvalue weighted by atomic mass is 10.1. The first-order valence-electron chi connectivity index (χ1n) is 10.9. The van der Waals surface area contributed by atoms with Gasteiger partial charge in [-0.05, 0) is 61.0 Å². The van der Waals surface area contributed by atoms with E-state index >= 15 is 0 Å². The second-order valence-electron chi connectivity index (χ2n) is 8.29. The summed E-state index contributed by atoms with van der Waals surface area (Å²) in [5.41, 5.74) is 5.03. The quantitative estimate of drug-likeness (QED) is 0.367. The van der Waals surface area contributed by atoms with Gasteiger partial charge in [0.1, 0.15) is 0 Å². The van der Waals surface area contributed by atoms with Crippen molar-refractivity contribution in [1.82, 2.24) is 9.88 Å². The number of rotatable bonds is 6. The molecule has 0 spiro atoms. The fraction of sp³-hybridized carbons (Fsp3) is 0.185. The summed E-state index contributed by atoms with van der Waals surface area (Å²) in [6.07, 6.45) is 0.669. The van der Waals surface area contributed by atoms with Crippen molar-refractivity contribution >= 4 is 34.2 Å².